The Bertz CT molecular complexity index is 1590. The lowest BCUT2D eigenvalue weighted by Gasteiger charge is -2.16. The Labute approximate surface area is 195 Å². The molecule has 2 aromatic heterocycles. The summed E-state index contributed by atoms with van der Waals surface area (Å²) in [5.74, 6) is -4.60. The molecular formula is C21H16F3N5O5S. The number of aromatic nitrogens is 3. The van der Waals surface area contributed by atoms with Crippen molar-refractivity contribution in [1.82, 2.24) is 15.2 Å². The average Bonchev–Trinajstić information content (AvgIpc) is 3.26. The van der Waals surface area contributed by atoms with Gasteiger partial charge in [0.2, 0.25) is 5.88 Å². The molecule has 0 bridgehead atoms. The highest BCUT2D eigenvalue weighted by molar-refractivity contribution is 7.92. The molecule has 0 aliphatic heterocycles. The monoisotopic (exact) mass is 507 g/mol. The van der Waals surface area contributed by atoms with Gasteiger partial charge in [0, 0.05) is 17.0 Å². The molecule has 0 spiro atoms. The van der Waals surface area contributed by atoms with Gasteiger partial charge in [0.15, 0.2) is 16.5 Å². The smallest absolute Gasteiger partial charge is 0.267 e. The second kappa shape index (κ2) is 8.79. The highest BCUT2D eigenvalue weighted by Gasteiger charge is 2.27. The number of H-pyrrole nitrogens is 1. The number of carbonyl (C=O) groups excluding carboxylic acids is 1. The van der Waals surface area contributed by atoms with Gasteiger partial charge in [0.1, 0.15) is 22.8 Å². The lowest BCUT2D eigenvalue weighted by Crippen LogP contribution is -2.16. The third-order valence-electron chi connectivity index (χ3n) is 5.02. The van der Waals surface area contributed by atoms with Crippen LogP contribution in [0.2, 0.25) is 0 Å². The van der Waals surface area contributed by atoms with Crippen molar-refractivity contribution < 1.29 is 35.9 Å². The number of methoxy groups -OCH3 is 2. The lowest BCUT2D eigenvalue weighted by atomic mass is 10.00. The molecule has 0 unspecified atom stereocenters. The Balaban J connectivity index is 1.86. The average molecular weight is 507 g/mol. The van der Waals surface area contributed by atoms with Crippen LogP contribution in [0.3, 0.4) is 0 Å². The van der Waals surface area contributed by atoms with Gasteiger partial charge >= 0.3 is 0 Å². The summed E-state index contributed by atoms with van der Waals surface area (Å²) in [5, 5.41) is 6.12. The first kappa shape index (κ1) is 23.8. The number of primary amides is 1. The lowest BCUT2D eigenvalue weighted by molar-refractivity contribution is 0.0997. The number of carbonyl (C=O) groups is 1. The minimum Gasteiger partial charge on any atom is -0.496 e. The van der Waals surface area contributed by atoms with Crippen molar-refractivity contribution >= 4 is 32.5 Å². The van der Waals surface area contributed by atoms with E-state index in [-0.39, 0.29) is 27.9 Å². The van der Waals surface area contributed by atoms with Crippen LogP contribution in [-0.2, 0) is 10.0 Å². The minimum absolute atomic E-state index is 0.0701. The maximum absolute atomic E-state index is 15.6. The SMILES string of the molecule is COc1ccc(NS(=O)(=O)c2cc(F)cnc2OC)c(F)c1-c1ccc2c(C(N)=O)[nH]nc2c1F. The van der Waals surface area contributed by atoms with Crippen LogP contribution in [0.25, 0.3) is 22.0 Å². The third kappa shape index (κ3) is 4.07. The summed E-state index contributed by atoms with van der Waals surface area (Å²) in [5.41, 5.74) is 3.45. The van der Waals surface area contributed by atoms with Crippen molar-refractivity contribution in [2.45, 2.75) is 4.90 Å². The van der Waals surface area contributed by atoms with Gasteiger partial charge in [-0.15, -0.1) is 0 Å². The Hall–Kier alpha value is -4.33. The van der Waals surface area contributed by atoms with E-state index in [0.29, 0.717) is 6.07 Å². The summed E-state index contributed by atoms with van der Waals surface area (Å²) in [6.45, 7) is 0. The van der Waals surface area contributed by atoms with Crippen molar-refractivity contribution in [2.24, 2.45) is 5.73 Å². The van der Waals surface area contributed by atoms with Gasteiger partial charge in [0.25, 0.3) is 15.9 Å². The number of halogens is 3. The Kier molecular flexibility index (Phi) is 5.98. The van der Waals surface area contributed by atoms with E-state index >= 15 is 8.78 Å². The van der Waals surface area contributed by atoms with E-state index in [1.807, 2.05) is 4.72 Å². The molecule has 2 aromatic carbocycles. The molecule has 35 heavy (non-hydrogen) atoms. The largest absolute Gasteiger partial charge is 0.496 e. The van der Waals surface area contributed by atoms with Gasteiger partial charge in [-0.3, -0.25) is 14.6 Å². The van der Waals surface area contributed by atoms with E-state index in [1.54, 1.807) is 0 Å². The van der Waals surface area contributed by atoms with Crippen molar-refractivity contribution in [2.75, 3.05) is 18.9 Å². The number of aromatic amines is 1. The molecule has 0 aliphatic rings. The molecule has 4 N–H and O–H groups in total. The highest BCUT2D eigenvalue weighted by atomic mass is 32.2. The Morgan fingerprint density at radius 3 is 2.49 bits per heavy atom. The number of rotatable bonds is 7. The standard InChI is InChI=1S/C21H16F3N5O5S/c1-33-13-6-5-12(29-35(31,32)14-7-9(22)8-26-21(14)34-2)17(24)15(13)10-3-4-11-18(16(10)23)27-28-19(11)20(25)30/h3-8,29H,1-2H3,(H2,25,30)(H,27,28). The fourth-order valence-electron chi connectivity index (χ4n) is 3.44. The summed E-state index contributed by atoms with van der Waals surface area (Å²) >= 11 is 0. The maximum atomic E-state index is 15.6. The molecule has 0 aliphatic carbocycles. The maximum Gasteiger partial charge on any atom is 0.267 e. The summed E-state index contributed by atoms with van der Waals surface area (Å²) < 4.78 is 82.4. The first-order chi connectivity index (χ1) is 16.6. The molecule has 0 saturated heterocycles. The predicted molar refractivity (Wildman–Crippen MR) is 118 cm³/mol. The highest BCUT2D eigenvalue weighted by Crippen LogP contribution is 2.40. The van der Waals surface area contributed by atoms with E-state index in [9.17, 15) is 17.6 Å². The fourth-order valence-corrected chi connectivity index (χ4v) is 4.63. The number of ether oxygens (including phenoxy) is 2. The summed E-state index contributed by atoms with van der Waals surface area (Å²) in [6, 6.07) is 5.37. The number of nitrogens with one attached hydrogen (secondary N) is 2. The molecule has 14 heteroatoms. The second-order valence-corrected chi connectivity index (χ2v) is 8.71. The van der Waals surface area contributed by atoms with Gasteiger partial charge in [-0.2, -0.15) is 5.10 Å². The van der Waals surface area contributed by atoms with Gasteiger partial charge < -0.3 is 15.2 Å². The topological polar surface area (TPSA) is 149 Å². The first-order valence-corrected chi connectivity index (χ1v) is 11.1. The molecule has 0 fully saturated rings. The van der Waals surface area contributed by atoms with E-state index < -0.39 is 55.4 Å². The van der Waals surface area contributed by atoms with Crippen LogP contribution in [0, 0.1) is 17.5 Å². The van der Waals surface area contributed by atoms with Gasteiger partial charge in [-0.05, 0) is 18.2 Å². The predicted octanol–water partition coefficient (Wildman–Crippen LogP) is 2.96. The number of hydrogen-bond donors (Lipinski definition) is 3. The number of benzene rings is 2. The van der Waals surface area contributed by atoms with Gasteiger partial charge in [-0.1, -0.05) is 6.07 Å². The van der Waals surface area contributed by atoms with Crippen LogP contribution in [0.5, 0.6) is 11.6 Å². The number of amides is 1. The number of sulfonamides is 1. The zero-order chi connectivity index (χ0) is 25.5. The van der Waals surface area contributed by atoms with Crippen LogP contribution in [0.4, 0.5) is 18.9 Å². The zero-order valence-electron chi connectivity index (χ0n) is 18.0. The number of nitrogens with zero attached hydrogens (tertiary/aromatic N) is 2. The van der Waals surface area contributed by atoms with Crippen LogP contribution >= 0.6 is 0 Å². The molecule has 0 atom stereocenters. The minimum atomic E-state index is -4.59. The Morgan fingerprint density at radius 1 is 1.09 bits per heavy atom. The molecule has 4 rings (SSSR count). The molecule has 0 saturated carbocycles. The van der Waals surface area contributed by atoms with Crippen molar-refractivity contribution in [3.8, 4) is 22.8 Å². The van der Waals surface area contributed by atoms with E-state index in [0.717, 1.165) is 19.4 Å². The number of nitrogens with two attached hydrogens (primary N) is 1. The van der Waals surface area contributed by atoms with Crippen molar-refractivity contribution in [3.05, 3.63) is 59.7 Å². The van der Waals surface area contributed by atoms with E-state index in [4.69, 9.17) is 15.2 Å². The summed E-state index contributed by atoms with van der Waals surface area (Å²) in [6.07, 6.45) is 0.752. The van der Waals surface area contributed by atoms with Crippen LogP contribution in [0.1, 0.15) is 10.5 Å². The van der Waals surface area contributed by atoms with Crippen LogP contribution in [-0.4, -0.2) is 43.7 Å². The number of pyridine rings is 1. The summed E-state index contributed by atoms with van der Waals surface area (Å²) in [4.78, 5) is 14.4. The van der Waals surface area contributed by atoms with Gasteiger partial charge in [-0.25, -0.2) is 26.6 Å². The number of hydrogen-bond acceptors (Lipinski definition) is 7. The summed E-state index contributed by atoms with van der Waals surface area (Å²) in [7, 11) is -2.25. The van der Waals surface area contributed by atoms with Crippen LogP contribution < -0.4 is 19.9 Å². The van der Waals surface area contributed by atoms with E-state index in [2.05, 4.69) is 15.2 Å². The quantitative estimate of drug-likeness (QED) is 0.348. The van der Waals surface area contributed by atoms with Crippen molar-refractivity contribution in [1.29, 1.82) is 0 Å². The molecule has 182 valence electrons. The molecule has 0 radical (unpaired) electrons. The number of fused-ring (bicyclic) bond motifs is 1. The number of anilines is 1. The van der Waals surface area contributed by atoms with Crippen LogP contribution in [0.15, 0.2) is 41.4 Å². The molecular weight excluding hydrogens is 491 g/mol. The molecule has 10 nitrogen and oxygen atoms in total. The molecule has 1 amide bonds. The normalized spacial score (nSPS) is 11.5. The molecule has 4 aromatic rings. The van der Waals surface area contributed by atoms with Gasteiger partial charge in [0.05, 0.1) is 31.7 Å². The Morgan fingerprint density at radius 2 is 1.83 bits per heavy atom. The third-order valence-corrected chi connectivity index (χ3v) is 6.38. The van der Waals surface area contributed by atoms with E-state index in [1.165, 1.54) is 25.3 Å². The zero-order valence-corrected chi connectivity index (χ0v) is 18.8. The molecule has 2 heterocycles. The fraction of sp³-hybridized carbons (Fsp3) is 0.0952. The first-order valence-electron chi connectivity index (χ1n) is 9.64. The van der Waals surface area contributed by atoms with Crippen molar-refractivity contribution in [3.63, 3.8) is 0 Å². The second-order valence-electron chi connectivity index (χ2n) is 7.06.